The molecule has 5 heteroatoms. The number of likely N-dealkylation sites (tertiary alicyclic amines) is 1. The highest BCUT2D eigenvalue weighted by Gasteiger charge is 2.32. The standard InChI is InChI=1S/C17H30N2OS.ClH/c20-17(12-15-13-21-10-8-18-15)19-9-4-7-16(19)11-14-5-2-1-3-6-14;/h14-16,18H,1-13H2;1H. The van der Waals surface area contributed by atoms with Gasteiger partial charge in [0.1, 0.15) is 0 Å². The van der Waals surface area contributed by atoms with E-state index in [9.17, 15) is 4.79 Å². The van der Waals surface area contributed by atoms with Crippen LogP contribution in [0.1, 0.15) is 57.8 Å². The molecule has 2 atom stereocenters. The lowest BCUT2D eigenvalue weighted by Gasteiger charge is -2.32. The van der Waals surface area contributed by atoms with E-state index in [0.717, 1.165) is 24.8 Å². The summed E-state index contributed by atoms with van der Waals surface area (Å²) in [4.78, 5) is 14.9. The molecule has 3 aliphatic rings. The number of carbonyl (C=O) groups is 1. The van der Waals surface area contributed by atoms with Gasteiger partial charge in [0.05, 0.1) is 0 Å². The molecule has 2 aliphatic heterocycles. The first-order valence-corrected chi connectivity index (χ1v) is 10.1. The minimum Gasteiger partial charge on any atom is -0.340 e. The van der Waals surface area contributed by atoms with Crippen molar-refractivity contribution in [1.29, 1.82) is 0 Å². The zero-order valence-electron chi connectivity index (χ0n) is 13.6. The average molecular weight is 347 g/mol. The highest BCUT2D eigenvalue weighted by atomic mass is 35.5. The van der Waals surface area contributed by atoms with Crippen molar-refractivity contribution in [3.8, 4) is 0 Å². The molecule has 3 rings (SSSR count). The molecule has 0 radical (unpaired) electrons. The molecule has 0 aromatic rings. The zero-order chi connectivity index (χ0) is 14.5. The molecule has 0 bridgehead atoms. The predicted octanol–water partition coefficient (Wildman–Crippen LogP) is 3.46. The Labute approximate surface area is 145 Å². The second kappa shape index (κ2) is 9.39. The van der Waals surface area contributed by atoms with Crippen LogP contribution < -0.4 is 5.32 Å². The first-order valence-electron chi connectivity index (χ1n) is 8.93. The summed E-state index contributed by atoms with van der Waals surface area (Å²) in [5, 5.41) is 3.50. The first kappa shape index (κ1) is 18.4. The fraction of sp³-hybridized carbons (Fsp3) is 0.941. The molecule has 3 fully saturated rings. The molecular weight excluding hydrogens is 316 g/mol. The van der Waals surface area contributed by atoms with E-state index in [4.69, 9.17) is 0 Å². The van der Waals surface area contributed by atoms with E-state index < -0.39 is 0 Å². The summed E-state index contributed by atoms with van der Waals surface area (Å²) < 4.78 is 0. The van der Waals surface area contributed by atoms with Crippen LogP contribution in [0.4, 0.5) is 0 Å². The number of halogens is 1. The molecule has 0 aromatic heterocycles. The van der Waals surface area contributed by atoms with E-state index in [2.05, 4.69) is 10.2 Å². The Hall–Kier alpha value is 0.0700. The monoisotopic (exact) mass is 346 g/mol. The van der Waals surface area contributed by atoms with Crippen LogP contribution in [-0.2, 0) is 4.79 Å². The largest absolute Gasteiger partial charge is 0.340 e. The molecule has 0 spiro atoms. The van der Waals surface area contributed by atoms with E-state index in [-0.39, 0.29) is 12.4 Å². The van der Waals surface area contributed by atoms with Gasteiger partial charge >= 0.3 is 0 Å². The van der Waals surface area contributed by atoms with Crippen LogP contribution in [-0.4, -0.2) is 47.5 Å². The fourth-order valence-corrected chi connectivity index (χ4v) is 5.24. The number of thioether (sulfide) groups is 1. The number of rotatable bonds is 4. The molecule has 128 valence electrons. The smallest absolute Gasteiger partial charge is 0.224 e. The molecule has 3 nitrogen and oxygen atoms in total. The van der Waals surface area contributed by atoms with Gasteiger partial charge < -0.3 is 10.2 Å². The lowest BCUT2D eigenvalue weighted by Crippen LogP contribution is -2.44. The lowest BCUT2D eigenvalue weighted by atomic mass is 9.84. The second-order valence-corrected chi connectivity index (χ2v) is 8.20. The number of amides is 1. The van der Waals surface area contributed by atoms with Crippen LogP contribution in [0.3, 0.4) is 0 Å². The third kappa shape index (κ3) is 5.04. The van der Waals surface area contributed by atoms with Gasteiger partial charge in [-0.3, -0.25) is 4.79 Å². The van der Waals surface area contributed by atoms with E-state index in [1.54, 1.807) is 0 Å². The third-order valence-corrected chi connectivity index (χ3v) is 6.58. The minimum atomic E-state index is 0. The van der Waals surface area contributed by atoms with Crippen LogP contribution in [0.2, 0.25) is 0 Å². The Balaban J connectivity index is 0.00000176. The number of nitrogens with one attached hydrogen (secondary N) is 1. The molecule has 2 unspecified atom stereocenters. The Kier molecular flexibility index (Phi) is 7.85. The van der Waals surface area contributed by atoms with Gasteiger partial charge in [0, 0.05) is 43.1 Å². The Morgan fingerprint density at radius 2 is 1.95 bits per heavy atom. The molecule has 1 N–H and O–H groups in total. The van der Waals surface area contributed by atoms with Gasteiger partial charge in [-0.1, -0.05) is 32.1 Å². The van der Waals surface area contributed by atoms with Crippen molar-refractivity contribution in [2.45, 2.75) is 69.9 Å². The molecule has 1 aliphatic carbocycles. The van der Waals surface area contributed by atoms with E-state index >= 15 is 0 Å². The Morgan fingerprint density at radius 3 is 2.68 bits per heavy atom. The quantitative estimate of drug-likeness (QED) is 0.846. The molecule has 2 saturated heterocycles. The average Bonchev–Trinajstić information content (AvgIpc) is 2.97. The van der Waals surface area contributed by atoms with Crippen LogP contribution in [0.15, 0.2) is 0 Å². The van der Waals surface area contributed by atoms with E-state index in [1.807, 2.05) is 11.8 Å². The van der Waals surface area contributed by atoms with Crippen LogP contribution >= 0.6 is 24.2 Å². The summed E-state index contributed by atoms with van der Waals surface area (Å²) in [6.45, 7) is 2.07. The maximum Gasteiger partial charge on any atom is 0.224 e. The molecule has 22 heavy (non-hydrogen) atoms. The molecule has 1 amide bonds. The molecule has 2 heterocycles. The van der Waals surface area contributed by atoms with Crippen molar-refractivity contribution in [3.63, 3.8) is 0 Å². The van der Waals surface area contributed by atoms with Crippen molar-refractivity contribution in [2.24, 2.45) is 5.92 Å². The van der Waals surface area contributed by atoms with Gasteiger partial charge in [0.2, 0.25) is 5.91 Å². The maximum absolute atomic E-state index is 12.6. The highest BCUT2D eigenvalue weighted by Crippen LogP contribution is 2.32. The summed E-state index contributed by atoms with van der Waals surface area (Å²) in [5.74, 6) is 3.60. The maximum atomic E-state index is 12.6. The second-order valence-electron chi connectivity index (χ2n) is 7.05. The molecule has 1 saturated carbocycles. The summed E-state index contributed by atoms with van der Waals surface area (Å²) in [7, 11) is 0. The van der Waals surface area contributed by atoms with Crippen molar-refractivity contribution in [3.05, 3.63) is 0 Å². The topological polar surface area (TPSA) is 32.3 Å². The summed E-state index contributed by atoms with van der Waals surface area (Å²) in [6.07, 6.45) is 11.5. The van der Waals surface area contributed by atoms with Gasteiger partial charge in [-0.25, -0.2) is 0 Å². The summed E-state index contributed by atoms with van der Waals surface area (Å²) in [6, 6.07) is 0.962. The third-order valence-electron chi connectivity index (χ3n) is 5.45. The van der Waals surface area contributed by atoms with Crippen molar-refractivity contribution < 1.29 is 4.79 Å². The lowest BCUT2D eigenvalue weighted by molar-refractivity contribution is -0.132. The summed E-state index contributed by atoms with van der Waals surface area (Å²) >= 11 is 1.98. The van der Waals surface area contributed by atoms with Crippen LogP contribution in [0, 0.1) is 5.92 Å². The molecular formula is C17H31ClN2OS. The summed E-state index contributed by atoms with van der Waals surface area (Å²) in [5.41, 5.74) is 0. The van der Waals surface area contributed by atoms with Crippen molar-refractivity contribution >= 4 is 30.1 Å². The van der Waals surface area contributed by atoms with Gasteiger partial charge in [-0.05, 0) is 25.2 Å². The SMILES string of the molecule is Cl.O=C(CC1CSCCN1)N1CCCC1CC1CCCCC1. The number of carbonyl (C=O) groups excluding carboxylic acids is 1. The van der Waals surface area contributed by atoms with Crippen molar-refractivity contribution in [2.75, 3.05) is 24.6 Å². The number of hydrogen-bond acceptors (Lipinski definition) is 3. The van der Waals surface area contributed by atoms with E-state index in [1.165, 1.54) is 57.1 Å². The van der Waals surface area contributed by atoms with Gasteiger partial charge in [-0.15, -0.1) is 12.4 Å². The normalized spacial score (nSPS) is 30.1. The van der Waals surface area contributed by atoms with Gasteiger partial charge in [0.25, 0.3) is 0 Å². The molecule has 0 aromatic carbocycles. The Bertz CT molecular complexity index is 344. The van der Waals surface area contributed by atoms with Gasteiger partial charge in [0.15, 0.2) is 0 Å². The van der Waals surface area contributed by atoms with Crippen LogP contribution in [0.25, 0.3) is 0 Å². The first-order chi connectivity index (χ1) is 10.3. The van der Waals surface area contributed by atoms with Crippen LogP contribution in [0.5, 0.6) is 0 Å². The van der Waals surface area contributed by atoms with Crippen molar-refractivity contribution in [1.82, 2.24) is 10.2 Å². The fourth-order valence-electron chi connectivity index (χ4n) is 4.30. The highest BCUT2D eigenvalue weighted by molar-refractivity contribution is 7.99. The zero-order valence-corrected chi connectivity index (χ0v) is 15.2. The number of nitrogens with zero attached hydrogens (tertiary/aromatic N) is 1. The van der Waals surface area contributed by atoms with Gasteiger partial charge in [-0.2, -0.15) is 11.8 Å². The minimum absolute atomic E-state index is 0. The van der Waals surface area contributed by atoms with E-state index in [0.29, 0.717) is 24.4 Å². The predicted molar refractivity (Wildman–Crippen MR) is 96.9 cm³/mol. The number of hydrogen-bond donors (Lipinski definition) is 1. The Morgan fingerprint density at radius 1 is 1.14 bits per heavy atom.